The molecule has 1 unspecified atom stereocenters. The summed E-state index contributed by atoms with van der Waals surface area (Å²) in [7, 11) is 4.65. The Labute approximate surface area is 111 Å². The molecule has 19 heavy (non-hydrogen) atoms. The number of carbonyl (C=O) groups is 2. The van der Waals surface area contributed by atoms with Crippen LogP contribution in [0.3, 0.4) is 0 Å². The minimum Gasteiger partial charge on any atom is -0.383 e. The van der Waals surface area contributed by atoms with Gasteiger partial charge in [0, 0.05) is 27.4 Å². The minimum atomic E-state index is -0.602. The topological polar surface area (TPSA) is 74.6 Å². The lowest BCUT2D eigenvalue weighted by atomic mass is 9.95. The van der Waals surface area contributed by atoms with Gasteiger partial charge in [-0.3, -0.25) is 19.6 Å². The van der Waals surface area contributed by atoms with Crippen LogP contribution >= 0.6 is 0 Å². The number of fused-ring (bicyclic) bond motifs is 1. The summed E-state index contributed by atoms with van der Waals surface area (Å²) in [6.45, 7) is 0.948. The van der Waals surface area contributed by atoms with Crippen molar-refractivity contribution in [3.63, 3.8) is 0 Å². The highest BCUT2D eigenvalue weighted by Crippen LogP contribution is 2.21. The van der Waals surface area contributed by atoms with Crippen LogP contribution in [0, 0.1) is 5.92 Å². The molecule has 2 aliphatic rings. The van der Waals surface area contributed by atoms with Gasteiger partial charge in [-0.05, 0) is 6.08 Å². The molecule has 0 spiro atoms. The van der Waals surface area contributed by atoms with Crippen LogP contribution in [0.5, 0.6) is 0 Å². The number of amides is 3. The first-order valence-corrected chi connectivity index (χ1v) is 5.90. The molecular weight excluding hydrogens is 248 g/mol. The molecule has 0 radical (unpaired) electrons. The molecule has 102 valence electrons. The zero-order chi connectivity index (χ0) is 14.0. The van der Waals surface area contributed by atoms with Crippen molar-refractivity contribution in [1.29, 1.82) is 0 Å². The number of carbonyl (C=O) groups excluding carboxylic acids is 2. The van der Waals surface area contributed by atoms with Crippen molar-refractivity contribution in [2.75, 3.05) is 34.4 Å². The summed E-state index contributed by atoms with van der Waals surface area (Å²) in [4.78, 5) is 35.0. The van der Waals surface area contributed by atoms with E-state index >= 15 is 0 Å². The molecule has 0 saturated carbocycles. The Kier molecular flexibility index (Phi) is 3.75. The van der Waals surface area contributed by atoms with Crippen LogP contribution in [0.2, 0.25) is 0 Å². The number of hydrogen-bond donors (Lipinski definition) is 0. The third-order valence-corrected chi connectivity index (χ3v) is 3.09. The molecule has 7 heteroatoms. The van der Waals surface area contributed by atoms with E-state index in [-0.39, 0.29) is 11.9 Å². The number of methoxy groups -OCH3 is 1. The average molecular weight is 264 g/mol. The van der Waals surface area contributed by atoms with E-state index in [4.69, 9.17) is 4.74 Å². The molecule has 3 amide bonds. The second-order valence-corrected chi connectivity index (χ2v) is 4.27. The van der Waals surface area contributed by atoms with Crippen LogP contribution in [0.15, 0.2) is 22.3 Å². The van der Waals surface area contributed by atoms with E-state index in [1.165, 1.54) is 11.9 Å². The Morgan fingerprint density at radius 3 is 2.79 bits per heavy atom. The summed E-state index contributed by atoms with van der Waals surface area (Å²) in [5.41, 5.74) is 0.609. The number of rotatable bonds is 3. The van der Waals surface area contributed by atoms with Gasteiger partial charge in [-0.1, -0.05) is 0 Å². The van der Waals surface area contributed by atoms with Crippen molar-refractivity contribution in [2.45, 2.75) is 0 Å². The molecule has 0 aromatic heterocycles. The molecule has 7 nitrogen and oxygen atoms in total. The highest BCUT2D eigenvalue weighted by molar-refractivity contribution is 6.31. The molecule has 1 saturated heterocycles. The third kappa shape index (κ3) is 2.28. The maximum atomic E-state index is 12.2. The van der Waals surface area contributed by atoms with Gasteiger partial charge in [-0.2, -0.15) is 0 Å². The second-order valence-electron chi connectivity index (χ2n) is 4.27. The molecule has 0 bridgehead atoms. The van der Waals surface area contributed by atoms with Gasteiger partial charge in [0.1, 0.15) is 11.8 Å². The molecule has 0 aromatic carbocycles. The number of allylic oxidation sites excluding steroid dienone is 1. The van der Waals surface area contributed by atoms with Crippen LogP contribution in [-0.4, -0.2) is 67.6 Å². The van der Waals surface area contributed by atoms with Gasteiger partial charge in [-0.25, -0.2) is 9.79 Å². The van der Waals surface area contributed by atoms with Gasteiger partial charge < -0.3 is 4.74 Å². The Hall–Kier alpha value is -2.02. The molecule has 1 atom stereocenters. The summed E-state index contributed by atoms with van der Waals surface area (Å²) in [5, 5.41) is 0. The first-order valence-electron chi connectivity index (χ1n) is 5.90. The van der Waals surface area contributed by atoms with E-state index in [2.05, 4.69) is 9.98 Å². The van der Waals surface area contributed by atoms with Crippen LogP contribution in [-0.2, 0) is 9.53 Å². The van der Waals surface area contributed by atoms with Crippen molar-refractivity contribution in [2.24, 2.45) is 15.9 Å². The van der Waals surface area contributed by atoms with Gasteiger partial charge >= 0.3 is 6.03 Å². The van der Waals surface area contributed by atoms with Gasteiger partial charge in [0.25, 0.3) is 0 Å². The summed E-state index contributed by atoms with van der Waals surface area (Å²) in [5.74, 6) is -0.483. The Morgan fingerprint density at radius 1 is 1.37 bits per heavy atom. The minimum absolute atomic E-state index is 0.303. The van der Waals surface area contributed by atoms with Crippen LogP contribution in [0.1, 0.15) is 0 Å². The summed E-state index contributed by atoms with van der Waals surface area (Å²) in [6, 6.07) is -0.383. The average Bonchev–Trinajstić information content (AvgIpc) is 2.43. The fourth-order valence-electron chi connectivity index (χ4n) is 2.03. The van der Waals surface area contributed by atoms with Crippen molar-refractivity contribution < 1.29 is 14.3 Å². The lowest BCUT2D eigenvalue weighted by Crippen LogP contribution is -2.59. The maximum absolute atomic E-state index is 12.2. The van der Waals surface area contributed by atoms with E-state index in [9.17, 15) is 9.59 Å². The van der Waals surface area contributed by atoms with Crippen molar-refractivity contribution in [3.05, 3.63) is 12.3 Å². The molecule has 2 rings (SSSR count). The lowest BCUT2D eigenvalue weighted by molar-refractivity contribution is -0.128. The summed E-state index contributed by atoms with van der Waals surface area (Å²) in [6.07, 6.45) is 3.25. The van der Waals surface area contributed by atoms with Crippen LogP contribution < -0.4 is 0 Å². The standard InChI is InChI=1S/C12H16N4O3/c1-15-10-9(11(17)16(2)12(15)18)8(4-5-14-10)13-6-7-19-3/h4-5,9H,6-7H2,1-3H3. The first-order chi connectivity index (χ1) is 9.07. The number of nitrogens with zero attached hydrogens (tertiary/aromatic N) is 4. The van der Waals surface area contributed by atoms with Gasteiger partial charge in [0.15, 0.2) is 0 Å². The lowest BCUT2D eigenvalue weighted by Gasteiger charge is -2.36. The number of aliphatic imine (C=N–C) groups is 2. The van der Waals surface area contributed by atoms with Gasteiger partial charge in [0.05, 0.1) is 18.9 Å². The quantitative estimate of drug-likeness (QED) is 0.680. The van der Waals surface area contributed by atoms with Crippen LogP contribution in [0.25, 0.3) is 0 Å². The second kappa shape index (κ2) is 5.31. The van der Waals surface area contributed by atoms with E-state index in [0.717, 1.165) is 4.90 Å². The van der Waals surface area contributed by atoms with Gasteiger partial charge in [-0.15, -0.1) is 0 Å². The van der Waals surface area contributed by atoms with E-state index in [0.29, 0.717) is 24.7 Å². The summed E-state index contributed by atoms with van der Waals surface area (Å²) < 4.78 is 4.93. The Bertz CT molecular complexity index is 495. The highest BCUT2D eigenvalue weighted by atomic mass is 16.5. The van der Waals surface area contributed by atoms with Crippen molar-refractivity contribution >= 4 is 23.5 Å². The van der Waals surface area contributed by atoms with E-state index in [1.54, 1.807) is 26.4 Å². The number of ether oxygens (including phenoxy) is 1. The van der Waals surface area contributed by atoms with E-state index < -0.39 is 5.92 Å². The molecule has 0 aliphatic carbocycles. The number of hydrogen-bond acceptors (Lipinski definition) is 5. The highest BCUT2D eigenvalue weighted by Gasteiger charge is 2.43. The Morgan fingerprint density at radius 2 is 2.11 bits per heavy atom. The zero-order valence-electron chi connectivity index (χ0n) is 11.2. The molecule has 2 heterocycles. The van der Waals surface area contributed by atoms with E-state index in [1.807, 2.05) is 0 Å². The fraction of sp³-hybridized carbons (Fsp3) is 0.500. The largest absolute Gasteiger partial charge is 0.383 e. The predicted octanol–water partition coefficient (Wildman–Crippen LogP) is 0.140. The predicted molar refractivity (Wildman–Crippen MR) is 70.2 cm³/mol. The SMILES string of the molecule is COCCN=C1C=CN=C2C1C(=O)N(C)C(=O)N2C. The normalized spacial score (nSPS) is 24.9. The molecule has 0 N–H and O–H groups in total. The summed E-state index contributed by atoms with van der Waals surface area (Å²) >= 11 is 0. The monoisotopic (exact) mass is 264 g/mol. The smallest absolute Gasteiger partial charge is 0.331 e. The number of amidine groups is 1. The Balaban J connectivity index is 2.32. The molecule has 0 aromatic rings. The fourth-order valence-corrected chi connectivity index (χ4v) is 2.03. The third-order valence-electron chi connectivity index (χ3n) is 3.09. The maximum Gasteiger partial charge on any atom is 0.331 e. The van der Waals surface area contributed by atoms with Gasteiger partial charge in [0.2, 0.25) is 5.91 Å². The first kappa shape index (κ1) is 13.4. The zero-order valence-corrected chi connectivity index (χ0v) is 11.2. The van der Waals surface area contributed by atoms with Crippen molar-refractivity contribution in [1.82, 2.24) is 9.80 Å². The molecule has 2 aliphatic heterocycles. The molecular formula is C12H16N4O3. The van der Waals surface area contributed by atoms with Crippen molar-refractivity contribution in [3.8, 4) is 0 Å². The van der Waals surface area contributed by atoms with Crippen LogP contribution in [0.4, 0.5) is 4.79 Å². The number of urea groups is 1. The number of imide groups is 1. The molecule has 1 fully saturated rings.